The van der Waals surface area contributed by atoms with E-state index < -0.39 is 0 Å². The topological polar surface area (TPSA) is 22.1 Å². The quantitative estimate of drug-likeness (QED) is 0.720. The summed E-state index contributed by atoms with van der Waals surface area (Å²) in [5.41, 5.74) is 2.17. The van der Waals surface area contributed by atoms with E-state index in [9.17, 15) is 0 Å². The molecule has 0 unspecified atom stereocenters. The van der Waals surface area contributed by atoms with E-state index in [-0.39, 0.29) is 0 Å². The van der Waals surface area contributed by atoms with Crippen molar-refractivity contribution < 1.29 is 4.74 Å². The summed E-state index contributed by atoms with van der Waals surface area (Å²) in [6, 6.07) is 2.05. The van der Waals surface area contributed by atoms with Crippen LogP contribution in [0.5, 0.6) is 5.75 Å². The lowest BCUT2D eigenvalue weighted by Gasteiger charge is -2.08. The molecule has 0 atom stereocenters. The fourth-order valence-electron chi connectivity index (χ4n) is 1.05. The fraction of sp³-hybridized carbons (Fsp3) is 0.583. The van der Waals surface area contributed by atoms with E-state index in [2.05, 4.69) is 18.8 Å². The van der Waals surface area contributed by atoms with Gasteiger partial charge in [-0.1, -0.05) is 27.7 Å². The van der Waals surface area contributed by atoms with Gasteiger partial charge in [-0.25, -0.2) is 0 Å². The Morgan fingerprint density at radius 2 is 1.86 bits per heavy atom. The molecule has 0 amide bonds. The summed E-state index contributed by atoms with van der Waals surface area (Å²) in [6.07, 6.45) is 1.91. The Bertz CT molecular complexity index is 269. The van der Waals surface area contributed by atoms with Crippen molar-refractivity contribution in [2.45, 2.75) is 40.5 Å². The highest BCUT2D eigenvalue weighted by Gasteiger charge is 2.03. The van der Waals surface area contributed by atoms with Gasteiger partial charge in [0, 0.05) is 6.20 Å². The highest BCUT2D eigenvalue weighted by molar-refractivity contribution is 5.31. The number of ether oxygens (including phenoxy) is 1. The molecule has 0 spiro atoms. The lowest BCUT2D eigenvalue weighted by atomic mass is 10.1. The fourth-order valence-corrected chi connectivity index (χ4v) is 1.05. The maximum Gasteiger partial charge on any atom is 0.140 e. The monoisotopic (exact) mass is 195 g/mol. The van der Waals surface area contributed by atoms with Crippen molar-refractivity contribution in [2.24, 2.45) is 0 Å². The number of aryl methyl sites for hydroxylation is 1. The Hall–Kier alpha value is -1.05. The summed E-state index contributed by atoms with van der Waals surface area (Å²) in [5.74, 6) is 1.38. The molecule has 0 aliphatic carbocycles. The van der Waals surface area contributed by atoms with E-state index in [1.807, 2.05) is 33.0 Å². The van der Waals surface area contributed by atoms with E-state index >= 15 is 0 Å². The molecule has 0 saturated carbocycles. The molecule has 0 saturated heterocycles. The zero-order chi connectivity index (χ0) is 11.1. The molecule has 0 aliphatic rings. The third kappa shape index (κ3) is 3.36. The van der Waals surface area contributed by atoms with Crippen LogP contribution in [0.2, 0.25) is 0 Å². The van der Waals surface area contributed by atoms with Crippen molar-refractivity contribution in [3.05, 3.63) is 23.5 Å². The number of rotatable bonds is 2. The largest absolute Gasteiger partial charge is 0.495 e. The predicted molar refractivity (Wildman–Crippen MR) is 61.0 cm³/mol. The number of hydrogen-bond donors (Lipinski definition) is 0. The molecule has 0 aliphatic heterocycles. The summed E-state index contributed by atoms with van der Waals surface area (Å²) in [6.45, 7) is 10.2. The Morgan fingerprint density at radius 3 is 2.29 bits per heavy atom. The number of pyridine rings is 1. The minimum Gasteiger partial charge on any atom is -0.495 e. The molecule has 0 aromatic carbocycles. The maximum absolute atomic E-state index is 5.17. The second kappa shape index (κ2) is 6.41. The summed E-state index contributed by atoms with van der Waals surface area (Å²) < 4.78 is 5.17. The lowest BCUT2D eigenvalue weighted by molar-refractivity contribution is 0.408. The Labute approximate surface area is 87.3 Å². The van der Waals surface area contributed by atoms with Crippen molar-refractivity contribution in [1.82, 2.24) is 4.98 Å². The number of aromatic nitrogens is 1. The van der Waals surface area contributed by atoms with Gasteiger partial charge in [0.25, 0.3) is 0 Å². The minimum atomic E-state index is 0.506. The van der Waals surface area contributed by atoms with Crippen molar-refractivity contribution >= 4 is 0 Å². The SMILES string of the molecule is CC.COc1cc(C(C)C)cnc1C. The van der Waals surface area contributed by atoms with Gasteiger partial charge >= 0.3 is 0 Å². The van der Waals surface area contributed by atoms with Crippen molar-refractivity contribution in [3.8, 4) is 5.75 Å². The Morgan fingerprint density at radius 1 is 1.29 bits per heavy atom. The van der Waals surface area contributed by atoms with Crippen LogP contribution in [-0.2, 0) is 0 Å². The van der Waals surface area contributed by atoms with Gasteiger partial charge in [-0.05, 0) is 24.5 Å². The highest BCUT2D eigenvalue weighted by atomic mass is 16.5. The van der Waals surface area contributed by atoms with Gasteiger partial charge in [-0.3, -0.25) is 4.98 Å². The molecule has 1 aromatic rings. The van der Waals surface area contributed by atoms with E-state index in [0.29, 0.717) is 5.92 Å². The summed E-state index contributed by atoms with van der Waals surface area (Å²) in [5, 5.41) is 0. The molecule has 1 heterocycles. The average Bonchev–Trinajstić information content (AvgIpc) is 2.21. The molecule has 2 heteroatoms. The smallest absolute Gasteiger partial charge is 0.140 e. The van der Waals surface area contributed by atoms with Crippen LogP contribution < -0.4 is 4.74 Å². The van der Waals surface area contributed by atoms with Crippen LogP contribution in [0.1, 0.15) is 44.9 Å². The minimum absolute atomic E-state index is 0.506. The van der Waals surface area contributed by atoms with Gasteiger partial charge in [0.15, 0.2) is 0 Å². The lowest BCUT2D eigenvalue weighted by Crippen LogP contribution is -1.94. The average molecular weight is 195 g/mol. The van der Waals surface area contributed by atoms with Gasteiger partial charge in [0.1, 0.15) is 5.75 Å². The Balaban J connectivity index is 0.000000791. The summed E-state index contributed by atoms with van der Waals surface area (Å²) >= 11 is 0. The van der Waals surface area contributed by atoms with Crippen molar-refractivity contribution in [2.75, 3.05) is 7.11 Å². The first kappa shape index (κ1) is 12.9. The normalized spacial score (nSPS) is 9.36. The maximum atomic E-state index is 5.17. The molecule has 0 fully saturated rings. The van der Waals surface area contributed by atoms with Crippen LogP contribution in [0.15, 0.2) is 12.3 Å². The standard InChI is InChI=1S/C10H15NO.C2H6/c1-7(2)9-5-10(12-4)8(3)11-6-9;1-2/h5-7H,1-4H3;1-2H3. The van der Waals surface area contributed by atoms with Gasteiger partial charge in [-0.2, -0.15) is 0 Å². The third-order valence-corrected chi connectivity index (χ3v) is 1.95. The van der Waals surface area contributed by atoms with Crippen LogP contribution in [-0.4, -0.2) is 12.1 Å². The summed E-state index contributed by atoms with van der Waals surface area (Å²) in [4.78, 5) is 4.25. The summed E-state index contributed by atoms with van der Waals surface area (Å²) in [7, 11) is 1.67. The molecule has 80 valence electrons. The Kier molecular flexibility index (Phi) is 5.93. The van der Waals surface area contributed by atoms with E-state index in [0.717, 1.165) is 11.4 Å². The van der Waals surface area contributed by atoms with Gasteiger partial charge in [-0.15, -0.1) is 0 Å². The third-order valence-electron chi connectivity index (χ3n) is 1.95. The highest BCUT2D eigenvalue weighted by Crippen LogP contribution is 2.21. The number of hydrogen-bond acceptors (Lipinski definition) is 2. The molecule has 14 heavy (non-hydrogen) atoms. The van der Waals surface area contributed by atoms with Crippen molar-refractivity contribution in [3.63, 3.8) is 0 Å². The van der Waals surface area contributed by atoms with Crippen LogP contribution in [0, 0.1) is 6.92 Å². The molecular weight excluding hydrogens is 174 g/mol. The van der Waals surface area contributed by atoms with Gasteiger partial charge in [0.2, 0.25) is 0 Å². The molecule has 0 radical (unpaired) electrons. The predicted octanol–water partition coefficient (Wildman–Crippen LogP) is 3.55. The molecular formula is C12H21NO. The first-order valence-electron chi connectivity index (χ1n) is 5.15. The first-order chi connectivity index (χ1) is 6.65. The molecule has 1 aromatic heterocycles. The molecule has 0 bridgehead atoms. The van der Waals surface area contributed by atoms with Crippen LogP contribution in [0.3, 0.4) is 0 Å². The van der Waals surface area contributed by atoms with Gasteiger partial charge in [0.05, 0.1) is 12.8 Å². The van der Waals surface area contributed by atoms with E-state index in [1.54, 1.807) is 7.11 Å². The second-order valence-electron chi connectivity index (χ2n) is 3.21. The van der Waals surface area contributed by atoms with E-state index in [1.165, 1.54) is 5.56 Å². The zero-order valence-electron chi connectivity index (χ0n) is 10.1. The number of methoxy groups -OCH3 is 1. The second-order valence-corrected chi connectivity index (χ2v) is 3.21. The van der Waals surface area contributed by atoms with Crippen molar-refractivity contribution in [1.29, 1.82) is 0 Å². The molecule has 2 nitrogen and oxygen atoms in total. The molecule has 0 N–H and O–H groups in total. The zero-order valence-corrected chi connectivity index (χ0v) is 10.1. The molecule has 1 rings (SSSR count). The van der Waals surface area contributed by atoms with Crippen LogP contribution >= 0.6 is 0 Å². The van der Waals surface area contributed by atoms with Crippen LogP contribution in [0.25, 0.3) is 0 Å². The van der Waals surface area contributed by atoms with Gasteiger partial charge < -0.3 is 4.74 Å². The first-order valence-corrected chi connectivity index (χ1v) is 5.15. The number of nitrogens with zero attached hydrogens (tertiary/aromatic N) is 1. The van der Waals surface area contributed by atoms with Crippen LogP contribution in [0.4, 0.5) is 0 Å². The van der Waals surface area contributed by atoms with E-state index in [4.69, 9.17) is 4.74 Å².